The third-order valence-corrected chi connectivity index (χ3v) is 3.12. The summed E-state index contributed by atoms with van der Waals surface area (Å²) in [5.41, 5.74) is 6.60. The molecule has 0 saturated carbocycles. The zero-order valence-electron chi connectivity index (χ0n) is 8.86. The molecule has 0 aliphatic rings. The predicted octanol–water partition coefficient (Wildman–Crippen LogP) is 3.86. The van der Waals surface area contributed by atoms with Crippen LogP contribution in [0.25, 0.3) is 0 Å². The maximum absolute atomic E-state index is 5.67. The molecule has 0 saturated heterocycles. The molecule has 0 unspecified atom stereocenters. The Labute approximate surface area is 116 Å². The lowest BCUT2D eigenvalue weighted by atomic mass is 10.2. The van der Waals surface area contributed by atoms with Crippen molar-refractivity contribution in [3.05, 3.63) is 51.0 Å². The smallest absolute Gasteiger partial charge is 0.233 e. The fraction of sp³-hybridized carbons (Fsp3) is 0.0833. The van der Waals surface area contributed by atoms with E-state index in [-0.39, 0.29) is 0 Å². The monoisotopic (exact) mass is 356 g/mol. The van der Waals surface area contributed by atoms with Crippen LogP contribution in [-0.2, 0) is 6.54 Å². The summed E-state index contributed by atoms with van der Waals surface area (Å²) >= 11 is 6.74. The van der Waals surface area contributed by atoms with Crippen LogP contribution in [0.3, 0.4) is 0 Å². The normalized spacial score (nSPS) is 10.3. The van der Waals surface area contributed by atoms with Crippen LogP contribution in [-0.4, -0.2) is 4.98 Å². The van der Waals surface area contributed by atoms with Crippen LogP contribution in [0.15, 0.2) is 45.5 Å². The average molecular weight is 358 g/mol. The molecule has 3 nitrogen and oxygen atoms in total. The van der Waals surface area contributed by atoms with Crippen molar-refractivity contribution in [3.8, 4) is 11.6 Å². The van der Waals surface area contributed by atoms with Crippen molar-refractivity contribution in [2.24, 2.45) is 5.73 Å². The van der Waals surface area contributed by atoms with Crippen LogP contribution in [0.5, 0.6) is 11.6 Å². The second kappa shape index (κ2) is 5.62. The molecule has 0 radical (unpaired) electrons. The number of ether oxygens (including phenoxy) is 1. The summed E-state index contributed by atoms with van der Waals surface area (Å²) in [5, 5.41) is 0. The molecule has 2 N–H and O–H groups in total. The number of hydrogen-bond donors (Lipinski definition) is 1. The molecule has 2 rings (SSSR count). The number of hydrogen-bond acceptors (Lipinski definition) is 3. The topological polar surface area (TPSA) is 48.1 Å². The third kappa shape index (κ3) is 3.28. The first kappa shape index (κ1) is 12.5. The van der Waals surface area contributed by atoms with Gasteiger partial charge in [0.1, 0.15) is 5.75 Å². The van der Waals surface area contributed by atoms with Crippen LogP contribution >= 0.6 is 31.9 Å². The first-order valence-electron chi connectivity index (χ1n) is 4.97. The minimum atomic E-state index is 0.492. The van der Waals surface area contributed by atoms with Gasteiger partial charge in [-0.05, 0) is 55.6 Å². The molecule has 17 heavy (non-hydrogen) atoms. The van der Waals surface area contributed by atoms with Gasteiger partial charge in [0.05, 0.1) is 4.47 Å². The molecule has 88 valence electrons. The molecule has 0 amide bonds. The maximum atomic E-state index is 5.67. The molecule has 1 aromatic carbocycles. The minimum Gasteiger partial charge on any atom is -0.438 e. The summed E-state index contributed by atoms with van der Waals surface area (Å²) in [5.74, 6) is 1.26. The van der Waals surface area contributed by atoms with Gasteiger partial charge in [0, 0.05) is 17.2 Å². The Morgan fingerprint density at radius 1 is 1.24 bits per heavy atom. The lowest BCUT2D eigenvalue weighted by molar-refractivity contribution is 0.459. The predicted molar refractivity (Wildman–Crippen MR) is 74.0 cm³/mol. The lowest BCUT2D eigenvalue weighted by Gasteiger charge is -2.07. The molecule has 0 fully saturated rings. The van der Waals surface area contributed by atoms with Gasteiger partial charge in [0.15, 0.2) is 0 Å². The van der Waals surface area contributed by atoms with Crippen molar-refractivity contribution in [1.82, 2.24) is 4.98 Å². The highest BCUT2D eigenvalue weighted by molar-refractivity contribution is 9.11. The van der Waals surface area contributed by atoms with Crippen molar-refractivity contribution < 1.29 is 4.74 Å². The SMILES string of the molecule is NCc1cccc(Oc2ncc(Br)cc2Br)c1. The van der Waals surface area contributed by atoms with Gasteiger partial charge in [-0.3, -0.25) is 0 Å². The van der Waals surface area contributed by atoms with Gasteiger partial charge >= 0.3 is 0 Å². The zero-order chi connectivity index (χ0) is 12.3. The second-order valence-electron chi connectivity index (χ2n) is 3.39. The standard InChI is InChI=1S/C12H10Br2N2O/c13-9-5-11(14)12(16-7-9)17-10-3-1-2-8(4-10)6-15/h1-5,7H,6,15H2. The van der Waals surface area contributed by atoms with E-state index in [1.807, 2.05) is 30.3 Å². The van der Waals surface area contributed by atoms with Crippen LogP contribution in [0.2, 0.25) is 0 Å². The van der Waals surface area contributed by atoms with Crippen molar-refractivity contribution >= 4 is 31.9 Å². The van der Waals surface area contributed by atoms with E-state index >= 15 is 0 Å². The first-order valence-corrected chi connectivity index (χ1v) is 6.55. The van der Waals surface area contributed by atoms with Gasteiger partial charge in [0.25, 0.3) is 0 Å². The van der Waals surface area contributed by atoms with Crippen LogP contribution in [0.4, 0.5) is 0 Å². The third-order valence-electron chi connectivity index (χ3n) is 2.12. The number of aromatic nitrogens is 1. The number of pyridine rings is 1. The number of nitrogens with two attached hydrogens (primary N) is 1. The molecule has 0 aliphatic heterocycles. The molecule has 0 bridgehead atoms. The molecule has 1 heterocycles. The minimum absolute atomic E-state index is 0.492. The summed E-state index contributed by atoms with van der Waals surface area (Å²) in [6.45, 7) is 0.492. The van der Waals surface area contributed by atoms with Crippen LogP contribution in [0, 0.1) is 0 Å². The van der Waals surface area contributed by atoms with E-state index in [0.717, 1.165) is 20.3 Å². The zero-order valence-corrected chi connectivity index (χ0v) is 12.0. The van der Waals surface area contributed by atoms with E-state index in [2.05, 4.69) is 36.8 Å². The molecule has 1 aromatic heterocycles. The number of halogens is 2. The van der Waals surface area contributed by atoms with Crippen molar-refractivity contribution in [1.29, 1.82) is 0 Å². The Hall–Kier alpha value is -0.910. The molecular weight excluding hydrogens is 348 g/mol. The fourth-order valence-electron chi connectivity index (χ4n) is 1.32. The largest absolute Gasteiger partial charge is 0.438 e. The molecule has 2 aromatic rings. The maximum Gasteiger partial charge on any atom is 0.233 e. The van der Waals surface area contributed by atoms with E-state index in [1.54, 1.807) is 6.20 Å². The van der Waals surface area contributed by atoms with Crippen LogP contribution < -0.4 is 10.5 Å². The molecule has 0 spiro atoms. The Balaban J connectivity index is 2.25. The summed E-state index contributed by atoms with van der Waals surface area (Å²) in [6.07, 6.45) is 1.69. The summed E-state index contributed by atoms with van der Waals surface area (Å²) in [6, 6.07) is 9.52. The molecular formula is C12H10Br2N2O. The lowest BCUT2D eigenvalue weighted by Crippen LogP contribution is -1.96. The van der Waals surface area contributed by atoms with E-state index in [0.29, 0.717) is 12.4 Å². The van der Waals surface area contributed by atoms with E-state index < -0.39 is 0 Å². The Bertz CT molecular complexity index is 532. The number of benzene rings is 1. The summed E-state index contributed by atoms with van der Waals surface area (Å²) < 4.78 is 7.36. The number of rotatable bonds is 3. The molecule has 0 atom stereocenters. The summed E-state index contributed by atoms with van der Waals surface area (Å²) in [7, 11) is 0. The van der Waals surface area contributed by atoms with Gasteiger partial charge in [-0.25, -0.2) is 4.98 Å². The van der Waals surface area contributed by atoms with Gasteiger partial charge in [-0.15, -0.1) is 0 Å². The Kier molecular flexibility index (Phi) is 4.15. The van der Waals surface area contributed by atoms with Crippen molar-refractivity contribution in [3.63, 3.8) is 0 Å². The van der Waals surface area contributed by atoms with E-state index in [1.165, 1.54) is 0 Å². The molecule has 0 aliphatic carbocycles. The molecule has 5 heteroatoms. The average Bonchev–Trinajstić information content (AvgIpc) is 2.33. The van der Waals surface area contributed by atoms with E-state index in [4.69, 9.17) is 10.5 Å². The summed E-state index contributed by atoms with van der Waals surface area (Å²) in [4.78, 5) is 4.18. The highest BCUT2D eigenvalue weighted by atomic mass is 79.9. The number of nitrogens with zero attached hydrogens (tertiary/aromatic N) is 1. The Morgan fingerprint density at radius 2 is 2.06 bits per heavy atom. The van der Waals surface area contributed by atoms with Crippen molar-refractivity contribution in [2.45, 2.75) is 6.54 Å². The van der Waals surface area contributed by atoms with Gasteiger partial charge in [-0.1, -0.05) is 12.1 Å². The highest BCUT2D eigenvalue weighted by Crippen LogP contribution is 2.29. The van der Waals surface area contributed by atoms with E-state index in [9.17, 15) is 0 Å². The second-order valence-corrected chi connectivity index (χ2v) is 5.16. The highest BCUT2D eigenvalue weighted by Gasteiger charge is 2.05. The Morgan fingerprint density at radius 3 is 2.76 bits per heavy atom. The van der Waals surface area contributed by atoms with Gasteiger partial charge in [0.2, 0.25) is 5.88 Å². The van der Waals surface area contributed by atoms with Crippen molar-refractivity contribution in [2.75, 3.05) is 0 Å². The quantitative estimate of drug-likeness (QED) is 0.907. The van der Waals surface area contributed by atoms with Gasteiger partial charge < -0.3 is 10.5 Å². The fourth-order valence-corrected chi connectivity index (χ4v) is 2.39. The van der Waals surface area contributed by atoms with Crippen LogP contribution in [0.1, 0.15) is 5.56 Å². The van der Waals surface area contributed by atoms with Gasteiger partial charge in [-0.2, -0.15) is 0 Å². The first-order chi connectivity index (χ1) is 8.19.